The Kier molecular flexibility index (Phi) is 6.66. The number of nitrogens with two attached hydrogens (primary N) is 1. The highest BCUT2D eigenvalue weighted by Crippen LogP contribution is 2.33. The van der Waals surface area contributed by atoms with Gasteiger partial charge in [0.2, 0.25) is 5.91 Å². The lowest BCUT2D eigenvalue weighted by atomic mass is 10.0. The molecule has 0 radical (unpaired) electrons. The van der Waals surface area contributed by atoms with Crippen molar-refractivity contribution in [1.29, 1.82) is 0 Å². The summed E-state index contributed by atoms with van der Waals surface area (Å²) in [6.45, 7) is 5.18. The lowest BCUT2D eigenvalue weighted by Gasteiger charge is -2.22. The molecule has 3 aromatic rings. The SMILES string of the molecule is Cc1cc(C)c(CNC(=O)c2cc(CN3CCC[C@@H]3C(N)=O)cc3c2cnn3C2CCCC2)c(=O)[nH]1. The fourth-order valence-electron chi connectivity index (χ4n) is 5.86. The van der Waals surface area contributed by atoms with Crippen LogP contribution in [0.2, 0.25) is 0 Å². The summed E-state index contributed by atoms with van der Waals surface area (Å²) >= 11 is 0. The van der Waals surface area contributed by atoms with Crippen LogP contribution < -0.4 is 16.6 Å². The summed E-state index contributed by atoms with van der Waals surface area (Å²) in [6.07, 6.45) is 7.97. The minimum atomic E-state index is -0.304. The Hall–Kier alpha value is -3.46. The molecule has 1 saturated carbocycles. The monoisotopic (exact) mass is 490 g/mol. The molecule has 2 aromatic heterocycles. The van der Waals surface area contributed by atoms with E-state index in [0.29, 0.717) is 23.7 Å². The molecule has 36 heavy (non-hydrogen) atoms. The highest BCUT2D eigenvalue weighted by Gasteiger charge is 2.30. The van der Waals surface area contributed by atoms with Crippen molar-refractivity contribution in [1.82, 2.24) is 25.0 Å². The molecule has 5 rings (SSSR count). The van der Waals surface area contributed by atoms with E-state index < -0.39 is 0 Å². The summed E-state index contributed by atoms with van der Waals surface area (Å²) in [5.41, 5.74) is 10.0. The molecular weight excluding hydrogens is 456 g/mol. The van der Waals surface area contributed by atoms with Crippen LogP contribution in [-0.2, 0) is 17.9 Å². The van der Waals surface area contributed by atoms with Gasteiger partial charge in [0.25, 0.3) is 11.5 Å². The number of carbonyl (C=O) groups excluding carboxylic acids is 2. The van der Waals surface area contributed by atoms with Gasteiger partial charge in [-0.3, -0.25) is 24.0 Å². The second-order valence-corrected chi connectivity index (χ2v) is 10.3. The zero-order chi connectivity index (χ0) is 25.4. The van der Waals surface area contributed by atoms with E-state index in [1.54, 1.807) is 6.20 Å². The van der Waals surface area contributed by atoms with Crippen molar-refractivity contribution in [2.75, 3.05) is 6.54 Å². The van der Waals surface area contributed by atoms with Gasteiger partial charge in [-0.05, 0) is 75.4 Å². The maximum Gasteiger partial charge on any atom is 0.253 e. The molecule has 9 heteroatoms. The molecule has 3 heterocycles. The lowest BCUT2D eigenvalue weighted by Crippen LogP contribution is -2.39. The van der Waals surface area contributed by atoms with Gasteiger partial charge in [-0.2, -0.15) is 5.10 Å². The Morgan fingerprint density at radius 2 is 1.92 bits per heavy atom. The largest absolute Gasteiger partial charge is 0.368 e. The number of carbonyl (C=O) groups is 2. The van der Waals surface area contributed by atoms with E-state index in [1.165, 1.54) is 12.8 Å². The summed E-state index contributed by atoms with van der Waals surface area (Å²) < 4.78 is 2.06. The summed E-state index contributed by atoms with van der Waals surface area (Å²) in [7, 11) is 0. The molecule has 1 saturated heterocycles. The summed E-state index contributed by atoms with van der Waals surface area (Å²) in [5, 5.41) is 8.43. The van der Waals surface area contributed by atoms with Gasteiger partial charge in [-0.15, -0.1) is 0 Å². The number of rotatable bonds is 7. The van der Waals surface area contributed by atoms with E-state index in [9.17, 15) is 14.4 Å². The van der Waals surface area contributed by atoms with Crippen LogP contribution in [-0.4, -0.2) is 44.1 Å². The summed E-state index contributed by atoms with van der Waals surface area (Å²) in [4.78, 5) is 42.8. The zero-order valence-corrected chi connectivity index (χ0v) is 21.0. The summed E-state index contributed by atoms with van der Waals surface area (Å²) in [6, 6.07) is 5.93. The fourth-order valence-corrected chi connectivity index (χ4v) is 5.86. The summed E-state index contributed by atoms with van der Waals surface area (Å²) in [5.74, 6) is -0.554. The average Bonchev–Trinajstić information content (AvgIpc) is 3.58. The second-order valence-electron chi connectivity index (χ2n) is 10.3. The van der Waals surface area contributed by atoms with Crippen LogP contribution in [0.25, 0.3) is 10.9 Å². The van der Waals surface area contributed by atoms with E-state index in [2.05, 4.69) is 31.0 Å². The third-order valence-electron chi connectivity index (χ3n) is 7.69. The molecule has 1 aliphatic heterocycles. The molecule has 9 nitrogen and oxygen atoms in total. The molecule has 0 bridgehead atoms. The molecule has 1 atom stereocenters. The van der Waals surface area contributed by atoms with E-state index in [4.69, 9.17) is 5.73 Å². The number of aromatic amines is 1. The van der Waals surface area contributed by atoms with Crippen molar-refractivity contribution in [3.63, 3.8) is 0 Å². The quantitative estimate of drug-likeness (QED) is 0.470. The number of pyridine rings is 1. The first-order valence-electron chi connectivity index (χ1n) is 12.8. The smallest absolute Gasteiger partial charge is 0.253 e. The van der Waals surface area contributed by atoms with Gasteiger partial charge in [-0.1, -0.05) is 12.8 Å². The van der Waals surface area contributed by atoms with E-state index in [1.807, 2.05) is 26.0 Å². The Balaban J connectivity index is 1.48. The van der Waals surface area contributed by atoms with Gasteiger partial charge in [0.15, 0.2) is 0 Å². The highest BCUT2D eigenvalue weighted by molar-refractivity contribution is 6.06. The Bertz CT molecular complexity index is 1370. The van der Waals surface area contributed by atoms with Crippen LogP contribution >= 0.6 is 0 Å². The highest BCUT2D eigenvalue weighted by atomic mass is 16.2. The number of nitrogens with one attached hydrogen (secondary N) is 2. The van der Waals surface area contributed by atoms with Crippen molar-refractivity contribution in [3.05, 3.63) is 62.7 Å². The Labute approximate surface area is 210 Å². The Morgan fingerprint density at radius 1 is 1.14 bits per heavy atom. The molecule has 2 aliphatic rings. The first-order valence-corrected chi connectivity index (χ1v) is 12.8. The van der Waals surface area contributed by atoms with Crippen LogP contribution in [0, 0.1) is 13.8 Å². The van der Waals surface area contributed by atoms with E-state index >= 15 is 0 Å². The maximum atomic E-state index is 13.5. The van der Waals surface area contributed by atoms with Gasteiger partial charge in [0, 0.05) is 29.7 Å². The number of primary amides is 1. The van der Waals surface area contributed by atoms with Crippen molar-refractivity contribution >= 4 is 22.7 Å². The van der Waals surface area contributed by atoms with Crippen LogP contribution in [0.4, 0.5) is 0 Å². The number of nitrogens with zero attached hydrogens (tertiary/aromatic N) is 3. The third kappa shape index (κ3) is 4.67. The molecule has 0 unspecified atom stereocenters. The van der Waals surface area contributed by atoms with Gasteiger partial charge < -0.3 is 16.0 Å². The average molecular weight is 491 g/mol. The predicted molar refractivity (Wildman–Crippen MR) is 138 cm³/mol. The number of aromatic nitrogens is 3. The number of fused-ring (bicyclic) bond motifs is 1. The molecular formula is C27H34N6O3. The van der Waals surface area contributed by atoms with Crippen molar-refractivity contribution in [2.45, 2.75) is 77.5 Å². The fraction of sp³-hybridized carbons (Fsp3) is 0.481. The van der Waals surface area contributed by atoms with Gasteiger partial charge >= 0.3 is 0 Å². The van der Waals surface area contributed by atoms with E-state index in [0.717, 1.165) is 60.0 Å². The minimum Gasteiger partial charge on any atom is -0.368 e. The lowest BCUT2D eigenvalue weighted by molar-refractivity contribution is -0.122. The normalized spacial score (nSPS) is 18.8. The number of aryl methyl sites for hydroxylation is 2. The third-order valence-corrected chi connectivity index (χ3v) is 7.69. The number of H-pyrrole nitrogens is 1. The Morgan fingerprint density at radius 3 is 2.64 bits per heavy atom. The van der Waals surface area contributed by atoms with Crippen LogP contribution in [0.3, 0.4) is 0 Å². The predicted octanol–water partition coefficient (Wildman–Crippen LogP) is 2.84. The zero-order valence-electron chi connectivity index (χ0n) is 21.0. The molecule has 1 aromatic carbocycles. The van der Waals surface area contributed by atoms with Gasteiger partial charge in [0.05, 0.1) is 29.4 Å². The van der Waals surface area contributed by atoms with Gasteiger partial charge in [0.1, 0.15) is 0 Å². The molecule has 0 spiro atoms. The number of hydrogen-bond donors (Lipinski definition) is 3. The van der Waals surface area contributed by atoms with Crippen molar-refractivity contribution in [2.24, 2.45) is 5.73 Å². The van der Waals surface area contributed by atoms with Crippen LogP contribution in [0.15, 0.2) is 29.2 Å². The standard InChI is InChI=1S/C27H34N6O3/c1-16-10-17(2)31-27(36)21(16)13-29-26(35)20-11-18(15-32-9-5-8-23(32)25(28)34)12-24-22(20)14-30-33(24)19-6-3-4-7-19/h10-12,14,19,23H,3-9,13,15H2,1-2H3,(H2,28,34)(H,29,35)(H,31,36)/t23-/m1/s1. The number of benzene rings is 1. The molecule has 1 aliphatic carbocycles. The topological polar surface area (TPSA) is 126 Å². The minimum absolute atomic E-state index is 0.138. The molecule has 190 valence electrons. The number of amides is 2. The molecule has 2 amide bonds. The van der Waals surface area contributed by atoms with E-state index in [-0.39, 0.29) is 30.0 Å². The second kappa shape index (κ2) is 9.89. The van der Waals surface area contributed by atoms with Gasteiger partial charge in [-0.25, -0.2) is 0 Å². The first-order chi connectivity index (χ1) is 17.3. The van der Waals surface area contributed by atoms with Crippen LogP contribution in [0.1, 0.15) is 77.3 Å². The molecule has 4 N–H and O–H groups in total. The number of hydrogen-bond acceptors (Lipinski definition) is 5. The van der Waals surface area contributed by atoms with Crippen molar-refractivity contribution in [3.8, 4) is 0 Å². The van der Waals surface area contributed by atoms with Crippen molar-refractivity contribution < 1.29 is 9.59 Å². The number of likely N-dealkylation sites (tertiary alicyclic amines) is 1. The molecule has 2 fully saturated rings. The van der Waals surface area contributed by atoms with Crippen LogP contribution in [0.5, 0.6) is 0 Å². The maximum absolute atomic E-state index is 13.5. The first kappa shape index (κ1) is 24.2.